The zero-order valence-corrected chi connectivity index (χ0v) is 17.7. The van der Waals surface area contributed by atoms with Crippen LogP contribution in [0.4, 0.5) is 16.4 Å². The Balaban J connectivity index is 1.99. The summed E-state index contributed by atoms with van der Waals surface area (Å²) in [5.74, 6) is -1.07. The summed E-state index contributed by atoms with van der Waals surface area (Å²) in [4.78, 5) is 36.8. The molecule has 2 aromatic rings. The van der Waals surface area contributed by atoms with Gasteiger partial charge < -0.3 is 5.73 Å². The van der Waals surface area contributed by atoms with Gasteiger partial charge in [0.2, 0.25) is 0 Å². The first-order chi connectivity index (χ1) is 15.2. The summed E-state index contributed by atoms with van der Waals surface area (Å²) in [6.07, 6.45) is 1.21. The minimum atomic E-state index is -0.845. The first-order valence-corrected chi connectivity index (χ1v) is 10.5. The van der Waals surface area contributed by atoms with Gasteiger partial charge in [-0.2, -0.15) is 5.26 Å². The second kappa shape index (κ2) is 7.90. The number of nitro groups is 2. The van der Waals surface area contributed by atoms with Crippen LogP contribution in [0.5, 0.6) is 0 Å². The van der Waals surface area contributed by atoms with Crippen LogP contribution in [-0.4, -0.2) is 15.6 Å². The molecular weight excluding hydrogens is 434 g/mol. The van der Waals surface area contributed by atoms with Crippen LogP contribution in [0.1, 0.15) is 35.6 Å². The molecule has 4 rings (SSSR count). The highest BCUT2D eigenvalue weighted by molar-refractivity contribution is 7.15. The SMILES string of the molecule is Cc1ccc(N2C(N)=C(C#N)C(c3ccc([N+](=O)[O-])s3)C3=C2CCCC3=O)c([N+](=O)[O-])c1. The lowest BCUT2D eigenvalue weighted by Gasteiger charge is -2.38. The lowest BCUT2D eigenvalue weighted by atomic mass is 9.78. The number of hydrogen-bond acceptors (Lipinski definition) is 9. The predicted octanol–water partition coefficient (Wildman–Crippen LogP) is 4.18. The Hall–Kier alpha value is -4.04. The van der Waals surface area contributed by atoms with Crippen molar-refractivity contribution < 1.29 is 14.6 Å². The first-order valence-electron chi connectivity index (χ1n) is 9.69. The molecule has 0 spiro atoms. The number of Topliss-reactive ketones (excluding diaryl/α,β-unsaturated/α-hetero) is 1. The molecule has 0 fully saturated rings. The number of nitrogens with two attached hydrogens (primary N) is 1. The zero-order chi connectivity index (χ0) is 23.2. The highest BCUT2D eigenvalue weighted by Crippen LogP contribution is 2.49. The van der Waals surface area contributed by atoms with Crippen LogP contribution in [0.3, 0.4) is 0 Å². The molecule has 1 aliphatic carbocycles. The maximum Gasteiger partial charge on any atom is 0.324 e. The quantitative estimate of drug-likeness (QED) is 0.536. The van der Waals surface area contributed by atoms with Gasteiger partial charge in [0.05, 0.1) is 27.4 Å². The second-order valence-electron chi connectivity index (χ2n) is 7.50. The molecule has 11 heteroatoms. The molecule has 0 saturated heterocycles. The number of benzene rings is 1. The van der Waals surface area contributed by atoms with Gasteiger partial charge in [0, 0.05) is 34.7 Å². The molecule has 0 radical (unpaired) electrons. The Morgan fingerprint density at radius 1 is 1.19 bits per heavy atom. The highest BCUT2D eigenvalue weighted by atomic mass is 32.1. The number of hydrogen-bond donors (Lipinski definition) is 1. The third-order valence-electron chi connectivity index (χ3n) is 5.56. The lowest BCUT2D eigenvalue weighted by Crippen LogP contribution is -2.38. The maximum absolute atomic E-state index is 13.1. The van der Waals surface area contributed by atoms with Crippen molar-refractivity contribution in [1.82, 2.24) is 0 Å². The van der Waals surface area contributed by atoms with Crippen LogP contribution in [-0.2, 0) is 4.79 Å². The van der Waals surface area contributed by atoms with E-state index >= 15 is 0 Å². The van der Waals surface area contributed by atoms with Crippen molar-refractivity contribution in [3.8, 4) is 6.07 Å². The number of nitro benzene ring substituents is 1. The summed E-state index contributed by atoms with van der Waals surface area (Å²) in [6.45, 7) is 1.72. The standard InChI is InChI=1S/C21H17N5O5S/c1-11-5-6-13(15(9-11)25(28)29)24-14-3-2-4-16(27)20(14)19(12(10-22)21(24)23)17-7-8-18(32-17)26(30)31/h5-9,19H,2-4,23H2,1H3. The van der Waals surface area contributed by atoms with Gasteiger partial charge in [-0.05, 0) is 37.5 Å². The van der Waals surface area contributed by atoms with Gasteiger partial charge in [0.1, 0.15) is 11.5 Å². The molecule has 10 nitrogen and oxygen atoms in total. The van der Waals surface area contributed by atoms with E-state index in [1.165, 1.54) is 23.1 Å². The van der Waals surface area contributed by atoms with Crippen LogP contribution in [0.2, 0.25) is 0 Å². The number of nitriles is 1. The van der Waals surface area contributed by atoms with Gasteiger partial charge in [0.15, 0.2) is 5.78 Å². The van der Waals surface area contributed by atoms with Gasteiger partial charge in [-0.15, -0.1) is 0 Å². The number of rotatable bonds is 4. The van der Waals surface area contributed by atoms with E-state index in [9.17, 15) is 30.3 Å². The fraction of sp³-hybridized carbons (Fsp3) is 0.238. The Kier molecular flexibility index (Phi) is 5.23. The van der Waals surface area contributed by atoms with E-state index in [1.807, 2.05) is 6.07 Å². The molecule has 0 saturated carbocycles. The summed E-state index contributed by atoms with van der Waals surface area (Å²) < 4.78 is 0. The molecule has 1 unspecified atom stereocenters. The molecule has 2 aliphatic rings. The highest BCUT2D eigenvalue weighted by Gasteiger charge is 2.42. The number of ketones is 1. The van der Waals surface area contributed by atoms with Crippen LogP contribution in [0.25, 0.3) is 0 Å². The molecule has 162 valence electrons. The summed E-state index contributed by atoms with van der Waals surface area (Å²) in [5.41, 5.74) is 7.90. The molecule has 0 amide bonds. The second-order valence-corrected chi connectivity index (χ2v) is 8.59. The average molecular weight is 451 g/mol. The fourth-order valence-corrected chi connectivity index (χ4v) is 5.15. The fourth-order valence-electron chi connectivity index (χ4n) is 4.21. The summed E-state index contributed by atoms with van der Waals surface area (Å²) >= 11 is 0.880. The van der Waals surface area contributed by atoms with Gasteiger partial charge >= 0.3 is 5.00 Å². The summed E-state index contributed by atoms with van der Waals surface area (Å²) in [7, 11) is 0. The van der Waals surface area contributed by atoms with E-state index in [4.69, 9.17) is 5.73 Å². The van der Waals surface area contributed by atoms with E-state index in [0.29, 0.717) is 34.6 Å². The Bertz CT molecular complexity index is 1290. The number of thiophene rings is 1. The number of carbonyl (C=O) groups excluding carboxylic acids is 1. The molecule has 1 atom stereocenters. The third kappa shape index (κ3) is 3.30. The van der Waals surface area contributed by atoms with Gasteiger partial charge in [-0.1, -0.05) is 17.4 Å². The predicted molar refractivity (Wildman–Crippen MR) is 117 cm³/mol. The van der Waals surface area contributed by atoms with Crippen molar-refractivity contribution in [1.29, 1.82) is 5.26 Å². The van der Waals surface area contributed by atoms with Crippen LogP contribution in [0.15, 0.2) is 53.0 Å². The summed E-state index contributed by atoms with van der Waals surface area (Å²) in [6, 6.07) is 9.56. The minimum absolute atomic E-state index is 0.0195. The van der Waals surface area contributed by atoms with Gasteiger partial charge in [-0.25, -0.2) is 0 Å². The molecule has 2 N–H and O–H groups in total. The van der Waals surface area contributed by atoms with Crippen LogP contribution in [0, 0.1) is 38.5 Å². The third-order valence-corrected chi connectivity index (χ3v) is 6.66. The molecule has 1 aromatic heterocycles. The van der Waals surface area contributed by atoms with Crippen molar-refractivity contribution in [2.45, 2.75) is 32.1 Å². The monoisotopic (exact) mass is 451 g/mol. The number of nitrogens with zero attached hydrogens (tertiary/aromatic N) is 4. The van der Waals surface area contributed by atoms with E-state index in [-0.39, 0.29) is 40.0 Å². The average Bonchev–Trinajstić information content (AvgIpc) is 3.24. The Labute approximate surface area is 186 Å². The maximum atomic E-state index is 13.1. The zero-order valence-electron chi connectivity index (χ0n) is 16.9. The van der Waals surface area contributed by atoms with E-state index in [2.05, 4.69) is 0 Å². The van der Waals surface area contributed by atoms with Crippen molar-refractivity contribution in [3.05, 3.63) is 83.7 Å². The first kappa shape index (κ1) is 21.2. The van der Waals surface area contributed by atoms with Gasteiger partial charge in [-0.3, -0.25) is 29.9 Å². The summed E-state index contributed by atoms with van der Waals surface area (Å²) in [5, 5.41) is 32.8. The van der Waals surface area contributed by atoms with E-state index < -0.39 is 15.8 Å². The topological polar surface area (TPSA) is 156 Å². The number of anilines is 1. The molecule has 0 bridgehead atoms. The Morgan fingerprint density at radius 2 is 1.94 bits per heavy atom. The minimum Gasteiger partial charge on any atom is -0.384 e. The Morgan fingerprint density at radius 3 is 2.56 bits per heavy atom. The van der Waals surface area contributed by atoms with Crippen LogP contribution >= 0.6 is 11.3 Å². The van der Waals surface area contributed by atoms with Crippen molar-refractivity contribution in [2.24, 2.45) is 5.73 Å². The molecule has 1 aromatic carbocycles. The molecule has 2 heterocycles. The van der Waals surface area contributed by atoms with Crippen molar-refractivity contribution in [2.75, 3.05) is 4.90 Å². The van der Waals surface area contributed by atoms with E-state index in [1.54, 1.807) is 19.1 Å². The van der Waals surface area contributed by atoms with E-state index in [0.717, 1.165) is 11.3 Å². The number of carbonyl (C=O) groups is 1. The molecular formula is C21H17N5O5S. The van der Waals surface area contributed by atoms with Crippen molar-refractivity contribution in [3.63, 3.8) is 0 Å². The van der Waals surface area contributed by atoms with Gasteiger partial charge in [0.25, 0.3) is 5.69 Å². The lowest BCUT2D eigenvalue weighted by molar-refractivity contribution is -0.384. The number of allylic oxidation sites excluding steroid dienone is 3. The smallest absolute Gasteiger partial charge is 0.324 e. The molecule has 32 heavy (non-hydrogen) atoms. The number of aryl methyl sites for hydroxylation is 1. The van der Waals surface area contributed by atoms with Crippen molar-refractivity contribution >= 4 is 33.5 Å². The largest absolute Gasteiger partial charge is 0.384 e. The molecule has 1 aliphatic heterocycles. The normalized spacial score (nSPS) is 18.4. The van der Waals surface area contributed by atoms with Crippen LogP contribution < -0.4 is 10.6 Å².